The van der Waals surface area contributed by atoms with E-state index in [1.54, 1.807) is 11.9 Å². The molecule has 28 heavy (non-hydrogen) atoms. The van der Waals surface area contributed by atoms with Crippen molar-refractivity contribution in [3.8, 4) is 0 Å². The second-order valence-corrected chi connectivity index (χ2v) is 9.88. The Bertz CT molecular complexity index is 975. The fraction of sp³-hybridized carbons (Fsp3) is 0.588. The van der Waals surface area contributed by atoms with Gasteiger partial charge >= 0.3 is 0 Å². The summed E-state index contributed by atoms with van der Waals surface area (Å²) in [6.45, 7) is 7.57. The molecule has 3 heterocycles. The summed E-state index contributed by atoms with van der Waals surface area (Å²) >= 11 is 3.50. The molecule has 0 bridgehead atoms. The number of sulfonamides is 1. The maximum absolute atomic E-state index is 12.8. The fourth-order valence-corrected chi connectivity index (χ4v) is 5.02. The lowest BCUT2D eigenvalue weighted by Gasteiger charge is -2.35. The topological polar surface area (TPSA) is 93.3 Å². The van der Waals surface area contributed by atoms with Crippen molar-refractivity contribution in [2.75, 3.05) is 26.2 Å². The van der Waals surface area contributed by atoms with Gasteiger partial charge in [0, 0.05) is 45.1 Å². The first-order chi connectivity index (χ1) is 13.1. The molecule has 0 radical (unpaired) electrons. The molecule has 1 aliphatic heterocycles. The third-order valence-electron chi connectivity index (χ3n) is 5.03. The summed E-state index contributed by atoms with van der Waals surface area (Å²) in [5.41, 5.74) is 1.89. The molecule has 1 aliphatic rings. The summed E-state index contributed by atoms with van der Waals surface area (Å²) < 4.78 is 31.0. The largest absolute Gasteiger partial charge is 0.340 e. The molecule has 0 aromatic carbocycles. The Labute approximate surface area is 173 Å². The lowest BCUT2D eigenvalue weighted by Crippen LogP contribution is -2.51. The predicted molar refractivity (Wildman–Crippen MR) is 107 cm³/mol. The van der Waals surface area contributed by atoms with Crippen LogP contribution in [0, 0.1) is 19.8 Å². The van der Waals surface area contributed by atoms with Gasteiger partial charge in [-0.1, -0.05) is 6.92 Å². The van der Waals surface area contributed by atoms with Gasteiger partial charge in [0.15, 0.2) is 0 Å². The van der Waals surface area contributed by atoms with Crippen molar-refractivity contribution in [1.82, 2.24) is 28.8 Å². The first kappa shape index (κ1) is 21.0. The maximum Gasteiger partial charge on any atom is 0.246 e. The number of carbonyl (C=O) groups excluding carboxylic acids is 1. The zero-order valence-corrected chi connectivity index (χ0v) is 18.9. The van der Waals surface area contributed by atoms with E-state index in [9.17, 15) is 13.2 Å². The van der Waals surface area contributed by atoms with Crippen LogP contribution in [0.3, 0.4) is 0 Å². The number of amides is 1. The Morgan fingerprint density at radius 2 is 1.89 bits per heavy atom. The average molecular weight is 473 g/mol. The number of aromatic nitrogens is 4. The van der Waals surface area contributed by atoms with Gasteiger partial charge in [-0.05, 0) is 29.8 Å². The number of halogens is 1. The van der Waals surface area contributed by atoms with Crippen LogP contribution in [0.2, 0.25) is 0 Å². The van der Waals surface area contributed by atoms with Crippen LogP contribution in [0.15, 0.2) is 21.8 Å². The number of nitrogens with zero attached hydrogens (tertiary/aromatic N) is 6. The lowest BCUT2D eigenvalue weighted by atomic mass is 10.1. The van der Waals surface area contributed by atoms with Crippen LogP contribution < -0.4 is 0 Å². The van der Waals surface area contributed by atoms with Crippen molar-refractivity contribution < 1.29 is 13.2 Å². The quantitative estimate of drug-likeness (QED) is 0.650. The van der Waals surface area contributed by atoms with E-state index in [1.165, 1.54) is 21.4 Å². The highest BCUT2D eigenvalue weighted by Gasteiger charge is 2.32. The molecule has 9 nitrogen and oxygen atoms in total. The number of hydrogen-bond donors (Lipinski definition) is 0. The number of rotatable bonds is 5. The van der Waals surface area contributed by atoms with Crippen LogP contribution >= 0.6 is 15.9 Å². The molecule has 1 amide bonds. The minimum absolute atomic E-state index is 0.0158. The van der Waals surface area contributed by atoms with Gasteiger partial charge in [-0.25, -0.2) is 8.42 Å². The van der Waals surface area contributed by atoms with Gasteiger partial charge in [0.2, 0.25) is 15.9 Å². The van der Waals surface area contributed by atoms with Gasteiger partial charge in [0.25, 0.3) is 0 Å². The molecule has 0 N–H and O–H groups in total. The van der Waals surface area contributed by atoms with E-state index in [-0.39, 0.29) is 29.8 Å². The Morgan fingerprint density at radius 1 is 1.25 bits per heavy atom. The Balaban J connectivity index is 1.61. The first-order valence-corrected chi connectivity index (χ1v) is 11.3. The molecule has 1 saturated heterocycles. The third kappa shape index (κ3) is 4.01. The van der Waals surface area contributed by atoms with E-state index in [2.05, 4.69) is 26.1 Å². The molecular weight excluding hydrogens is 448 g/mol. The van der Waals surface area contributed by atoms with Gasteiger partial charge in [-0.3, -0.25) is 14.2 Å². The predicted octanol–water partition coefficient (Wildman–Crippen LogP) is 1.17. The van der Waals surface area contributed by atoms with Gasteiger partial charge in [0.1, 0.15) is 4.90 Å². The number of hydrogen-bond acceptors (Lipinski definition) is 5. The summed E-state index contributed by atoms with van der Waals surface area (Å²) in [7, 11) is -1.90. The summed E-state index contributed by atoms with van der Waals surface area (Å²) in [5, 5.41) is 8.39. The smallest absolute Gasteiger partial charge is 0.246 e. The van der Waals surface area contributed by atoms with Gasteiger partial charge in [0.05, 0.1) is 28.8 Å². The van der Waals surface area contributed by atoms with Crippen LogP contribution in [0.4, 0.5) is 0 Å². The van der Waals surface area contributed by atoms with Crippen molar-refractivity contribution in [2.45, 2.75) is 32.2 Å². The monoisotopic (exact) mass is 472 g/mol. The van der Waals surface area contributed by atoms with E-state index >= 15 is 0 Å². The van der Waals surface area contributed by atoms with Crippen molar-refractivity contribution in [3.63, 3.8) is 0 Å². The standard InChI is InChI=1S/C17H25BrN6O3S/c1-12(10-24-14(3)16(18)13(2)20-24)17(25)22-5-7-23(8-6-22)28(26,27)15-9-19-21(4)11-15/h9,11-12H,5-8,10H2,1-4H3. The zero-order valence-electron chi connectivity index (χ0n) is 16.5. The minimum Gasteiger partial charge on any atom is -0.340 e. The number of piperazine rings is 1. The molecule has 1 fully saturated rings. The molecule has 11 heteroatoms. The van der Waals surface area contributed by atoms with Gasteiger partial charge < -0.3 is 4.90 Å². The maximum atomic E-state index is 12.8. The summed E-state index contributed by atoms with van der Waals surface area (Å²) in [6, 6.07) is 0. The molecule has 0 aliphatic carbocycles. The van der Waals surface area contributed by atoms with Gasteiger partial charge in [-0.15, -0.1) is 0 Å². The molecule has 0 saturated carbocycles. The Morgan fingerprint density at radius 3 is 2.39 bits per heavy atom. The molecule has 1 unspecified atom stereocenters. The molecule has 2 aromatic heterocycles. The van der Waals surface area contributed by atoms with E-state index in [0.29, 0.717) is 19.6 Å². The van der Waals surface area contributed by atoms with E-state index in [1.807, 2.05) is 25.5 Å². The van der Waals surface area contributed by atoms with Crippen LogP contribution in [-0.4, -0.2) is 69.3 Å². The zero-order chi connectivity index (χ0) is 20.6. The van der Waals surface area contributed by atoms with Crippen LogP contribution in [0.1, 0.15) is 18.3 Å². The third-order valence-corrected chi connectivity index (χ3v) is 8.03. The SMILES string of the molecule is Cc1nn(CC(C)C(=O)N2CCN(S(=O)(=O)c3cnn(C)c3)CC2)c(C)c1Br. The molecule has 3 rings (SSSR count). The fourth-order valence-electron chi connectivity index (χ4n) is 3.33. The number of aryl methyl sites for hydroxylation is 2. The highest BCUT2D eigenvalue weighted by Crippen LogP contribution is 2.22. The average Bonchev–Trinajstić information content (AvgIpc) is 3.21. The molecule has 2 aromatic rings. The Kier molecular flexibility index (Phi) is 5.97. The van der Waals surface area contributed by atoms with Crippen molar-refractivity contribution in [3.05, 3.63) is 28.3 Å². The second kappa shape index (κ2) is 7.96. The van der Waals surface area contributed by atoms with Crippen LogP contribution in [-0.2, 0) is 28.4 Å². The van der Waals surface area contributed by atoms with Crippen LogP contribution in [0.5, 0.6) is 0 Å². The highest BCUT2D eigenvalue weighted by atomic mass is 79.9. The highest BCUT2D eigenvalue weighted by molar-refractivity contribution is 9.10. The normalized spacial score (nSPS) is 17.1. The summed E-state index contributed by atoms with van der Waals surface area (Å²) in [6.07, 6.45) is 2.84. The van der Waals surface area contributed by atoms with Crippen LogP contribution in [0.25, 0.3) is 0 Å². The van der Waals surface area contributed by atoms with Gasteiger partial charge in [-0.2, -0.15) is 14.5 Å². The summed E-state index contributed by atoms with van der Waals surface area (Å²) in [4.78, 5) is 14.7. The van der Waals surface area contributed by atoms with E-state index < -0.39 is 10.0 Å². The molecule has 1 atom stereocenters. The van der Waals surface area contributed by atoms with E-state index in [4.69, 9.17) is 0 Å². The van der Waals surface area contributed by atoms with E-state index in [0.717, 1.165) is 15.9 Å². The molecular formula is C17H25BrN6O3S. The minimum atomic E-state index is -3.57. The molecule has 154 valence electrons. The molecule has 0 spiro atoms. The summed E-state index contributed by atoms with van der Waals surface area (Å²) in [5.74, 6) is -0.228. The second-order valence-electron chi connectivity index (χ2n) is 7.15. The van der Waals surface area contributed by atoms with Crippen molar-refractivity contribution in [2.24, 2.45) is 13.0 Å². The lowest BCUT2D eigenvalue weighted by molar-refractivity contribution is -0.136. The first-order valence-electron chi connectivity index (χ1n) is 9.08. The van der Waals surface area contributed by atoms with Crippen molar-refractivity contribution in [1.29, 1.82) is 0 Å². The Hall–Kier alpha value is -1.72. The van der Waals surface area contributed by atoms with Crippen molar-refractivity contribution >= 4 is 31.9 Å². The number of carbonyl (C=O) groups is 1.